The van der Waals surface area contributed by atoms with Gasteiger partial charge in [0.25, 0.3) is 0 Å². The molecule has 1 spiro atoms. The fraction of sp³-hybridized carbons (Fsp3) is 0.588. The Balaban J connectivity index is 1.60. The zero-order valence-electron chi connectivity index (χ0n) is 13.3. The van der Waals surface area contributed by atoms with E-state index in [9.17, 15) is 13.2 Å². The van der Waals surface area contributed by atoms with E-state index in [1.54, 1.807) is 6.07 Å². The highest BCUT2D eigenvalue weighted by Crippen LogP contribution is 2.52. The number of unbranched alkanes of at least 4 members (excludes halogenated alkanes) is 1. The molecule has 24 heavy (non-hydrogen) atoms. The topological polar surface area (TPSA) is 30.8 Å². The predicted octanol–water partition coefficient (Wildman–Crippen LogP) is 5.16. The van der Waals surface area contributed by atoms with Crippen molar-refractivity contribution >= 4 is 17.5 Å². The van der Waals surface area contributed by atoms with Crippen molar-refractivity contribution in [3.63, 3.8) is 0 Å². The van der Waals surface area contributed by atoms with Crippen LogP contribution < -0.4 is 4.74 Å². The van der Waals surface area contributed by atoms with Crippen LogP contribution in [-0.2, 0) is 11.2 Å². The standard InChI is InChI=1S/C17H19ClF3NO2/c1-2-3-4-15-22-16(10-23-15)9-12(16)7-11-5-6-14(13(18)8-11)24-17(19,20)21/h5-6,8,12H,2-4,7,9-10H2,1H3. The summed E-state index contributed by atoms with van der Waals surface area (Å²) in [4.78, 5) is 4.72. The quantitative estimate of drug-likeness (QED) is 0.700. The van der Waals surface area contributed by atoms with Crippen LogP contribution in [0.4, 0.5) is 13.2 Å². The maximum absolute atomic E-state index is 12.3. The number of nitrogens with zero attached hydrogens (tertiary/aromatic N) is 1. The second-order valence-electron chi connectivity index (χ2n) is 6.42. The van der Waals surface area contributed by atoms with Crippen LogP contribution in [0.2, 0.25) is 5.02 Å². The van der Waals surface area contributed by atoms with Gasteiger partial charge in [-0.3, -0.25) is 0 Å². The van der Waals surface area contributed by atoms with Crippen molar-refractivity contribution in [2.24, 2.45) is 10.9 Å². The highest BCUT2D eigenvalue weighted by molar-refractivity contribution is 6.32. The Kier molecular flexibility index (Phi) is 4.69. The van der Waals surface area contributed by atoms with Gasteiger partial charge in [0.2, 0.25) is 0 Å². The van der Waals surface area contributed by atoms with Crippen molar-refractivity contribution in [3.8, 4) is 5.75 Å². The van der Waals surface area contributed by atoms with Crippen LogP contribution in [0.5, 0.6) is 5.75 Å². The van der Waals surface area contributed by atoms with Gasteiger partial charge in [-0.25, -0.2) is 4.99 Å². The molecule has 0 N–H and O–H groups in total. The molecule has 0 bridgehead atoms. The van der Waals surface area contributed by atoms with Crippen LogP contribution in [0, 0.1) is 5.92 Å². The summed E-state index contributed by atoms with van der Waals surface area (Å²) in [5.74, 6) is 0.816. The lowest BCUT2D eigenvalue weighted by Crippen LogP contribution is -2.17. The number of alkyl halides is 3. The normalized spacial score (nSPS) is 25.5. The molecule has 132 valence electrons. The van der Waals surface area contributed by atoms with Crippen LogP contribution in [0.3, 0.4) is 0 Å². The molecule has 2 unspecified atom stereocenters. The summed E-state index contributed by atoms with van der Waals surface area (Å²) in [7, 11) is 0. The number of aliphatic imine (C=N–C) groups is 1. The van der Waals surface area contributed by atoms with E-state index in [0.29, 0.717) is 12.5 Å². The molecule has 1 aliphatic heterocycles. The molecule has 0 radical (unpaired) electrons. The molecular weight excluding hydrogens is 343 g/mol. The zero-order valence-corrected chi connectivity index (χ0v) is 14.1. The van der Waals surface area contributed by atoms with Crippen molar-refractivity contribution in [2.45, 2.75) is 50.9 Å². The molecule has 1 saturated carbocycles. The number of rotatable bonds is 6. The highest BCUT2D eigenvalue weighted by atomic mass is 35.5. The summed E-state index contributed by atoms with van der Waals surface area (Å²) in [6.45, 7) is 2.74. The summed E-state index contributed by atoms with van der Waals surface area (Å²) in [5.41, 5.74) is 0.755. The Hall–Kier alpha value is -1.43. The minimum absolute atomic E-state index is 0.0330. The number of hydrogen-bond donors (Lipinski definition) is 0. The Bertz CT molecular complexity index is 647. The average Bonchev–Trinajstić information content (AvgIpc) is 2.97. The second kappa shape index (κ2) is 6.47. The number of benzene rings is 1. The molecule has 2 aliphatic rings. The van der Waals surface area contributed by atoms with Crippen molar-refractivity contribution in [1.82, 2.24) is 0 Å². The lowest BCUT2D eigenvalue weighted by molar-refractivity contribution is -0.274. The van der Waals surface area contributed by atoms with E-state index >= 15 is 0 Å². The van der Waals surface area contributed by atoms with E-state index in [2.05, 4.69) is 11.7 Å². The fourth-order valence-electron chi connectivity index (χ4n) is 3.08. The average molecular weight is 362 g/mol. The van der Waals surface area contributed by atoms with Crippen molar-refractivity contribution in [2.75, 3.05) is 6.61 Å². The molecule has 1 aliphatic carbocycles. The van der Waals surface area contributed by atoms with Gasteiger partial charge in [-0.1, -0.05) is 31.0 Å². The Morgan fingerprint density at radius 1 is 1.42 bits per heavy atom. The van der Waals surface area contributed by atoms with E-state index in [0.717, 1.165) is 43.6 Å². The minimum atomic E-state index is -4.74. The summed E-state index contributed by atoms with van der Waals surface area (Å²) >= 11 is 5.89. The van der Waals surface area contributed by atoms with E-state index in [1.165, 1.54) is 12.1 Å². The maximum Gasteiger partial charge on any atom is 0.573 e. The van der Waals surface area contributed by atoms with Gasteiger partial charge in [0.05, 0.1) is 5.02 Å². The summed E-state index contributed by atoms with van der Waals surface area (Å²) in [6, 6.07) is 4.42. The Morgan fingerprint density at radius 3 is 2.88 bits per heavy atom. The highest BCUT2D eigenvalue weighted by Gasteiger charge is 2.57. The first-order valence-corrected chi connectivity index (χ1v) is 8.45. The molecule has 0 saturated heterocycles. The van der Waals surface area contributed by atoms with E-state index in [1.807, 2.05) is 0 Å². The van der Waals surface area contributed by atoms with Gasteiger partial charge in [0.1, 0.15) is 17.9 Å². The molecule has 2 atom stereocenters. The van der Waals surface area contributed by atoms with E-state index < -0.39 is 6.36 Å². The third-order valence-electron chi connectivity index (χ3n) is 4.48. The van der Waals surface area contributed by atoms with Crippen molar-refractivity contribution in [3.05, 3.63) is 28.8 Å². The molecule has 3 nitrogen and oxygen atoms in total. The summed E-state index contributed by atoms with van der Waals surface area (Å²) in [6.07, 6.45) is -0.0305. The van der Waals surface area contributed by atoms with Gasteiger partial charge in [-0.15, -0.1) is 13.2 Å². The van der Waals surface area contributed by atoms with Gasteiger partial charge < -0.3 is 9.47 Å². The van der Waals surface area contributed by atoms with E-state index in [-0.39, 0.29) is 16.3 Å². The maximum atomic E-state index is 12.3. The molecular formula is C17H19ClF3NO2. The molecule has 0 amide bonds. The van der Waals surface area contributed by atoms with Crippen LogP contribution in [-0.4, -0.2) is 24.4 Å². The first-order chi connectivity index (χ1) is 11.3. The molecule has 7 heteroatoms. The first-order valence-electron chi connectivity index (χ1n) is 8.07. The van der Waals surface area contributed by atoms with Crippen molar-refractivity contribution in [1.29, 1.82) is 0 Å². The second-order valence-corrected chi connectivity index (χ2v) is 6.83. The lowest BCUT2D eigenvalue weighted by Gasteiger charge is -2.11. The third kappa shape index (κ3) is 3.97. The Labute approximate surface area is 143 Å². The molecule has 1 aromatic carbocycles. The van der Waals surface area contributed by atoms with Crippen molar-refractivity contribution < 1.29 is 22.6 Å². The monoisotopic (exact) mass is 361 g/mol. The molecule has 1 aromatic rings. The third-order valence-corrected chi connectivity index (χ3v) is 4.78. The molecule has 0 aromatic heterocycles. The smallest absolute Gasteiger partial charge is 0.478 e. The number of halogens is 4. The molecule has 1 heterocycles. The molecule has 3 rings (SSSR count). The van der Waals surface area contributed by atoms with Gasteiger partial charge in [0.15, 0.2) is 5.90 Å². The number of hydrogen-bond acceptors (Lipinski definition) is 3. The van der Waals surface area contributed by atoms with Gasteiger partial charge in [0, 0.05) is 6.42 Å². The summed E-state index contributed by atoms with van der Waals surface area (Å²) in [5, 5.41) is -0.0330. The summed E-state index contributed by atoms with van der Waals surface area (Å²) < 4.78 is 46.3. The van der Waals surface area contributed by atoms with E-state index in [4.69, 9.17) is 21.3 Å². The Morgan fingerprint density at radius 2 is 2.21 bits per heavy atom. The predicted molar refractivity (Wildman–Crippen MR) is 85.6 cm³/mol. The zero-order chi connectivity index (χ0) is 17.4. The first kappa shape index (κ1) is 17.4. The van der Waals surface area contributed by atoms with Crippen LogP contribution in [0.1, 0.15) is 38.2 Å². The van der Waals surface area contributed by atoms with Crippen LogP contribution in [0.15, 0.2) is 23.2 Å². The fourth-order valence-corrected chi connectivity index (χ4v) is 3.33. The lowest BCUT2D eigenvalue weighted by atomic mass is 10.1. The van der Waals surface area contributed by atoms with Gasteiger partial charge >= 0.3 is 6.36 Å². The van der Waals surface area contributed by atoms with Crippen LogP contribution in [0.25, 0.3) is 0 Å². The van der Waals surface area contributed by atoms with Gasteiger partial charge in [-0.05, 0) is 42.9 Å². The largest absolute Gasteiger partial charge is 0.573 e. The molecule has 1 fully saturated rings. The number of ether oxygens (including phenoxy) is 2. The van der Waals surface area contributed by atoms with Gasteiger partial charge in [-0.2, -0.15) is 0 Å². The minimum Gasteiger partial charge on any atom is -0.478 e. The van der Waals surface area contributed by atoms with Crippen LogP contribution >= 0.6 is 11.6 Å². The SMILES string of the molecule is CCCCC1=NC2(CO1)CC2Cc1ccc(OC(F)(F)F)c(Cl)c1.